The molecule has 5 nitrogen and oxygen atoms in total. The van der Waals surface area contributed by atoms with Crippen molar-refractivity contribution in [3.8, 4) is 11.8 Å². The largest absolute Gasteiger partial charge is 0.320 e. The number of nitriles is 1. The van der Waals surface area contributed by atoms with Gasteiger partial charge in [0.15, 0.2) is 0 Å². The molecule has 1 N–H and O–H groups in total. The normalized spacial score (nSPS) is 11.2. The molecule has 0 radical (unpaired) electrons. The van der Waals surface area contributed by atoms with Crippen molar-refractivity contribution in [2.45, 2.75) is 13.8 Å². The summed E-state index contributed by atoms with van der Waals surface area (Å²) in [7, 11) is 0. The number of benzene rings is 2. The number of aryl methyl sites for hydroxylation is 1. The molecule has 0 bridgehead atoms. The van der Waals surface area contributed by atoms with Crippen LogP contribution in [-0.2, 0) is 4.79 Å². The fraction of sp³-hybridized carbons (Fsp3) is 0.0952. The molecule has 0 aliphatic heterocycles. The van der Waals surface area contributed by atoms with Crippen LogP contribution in [0.2, 0.25) is 10.0 Å². The van der Waals surface area contributed by atoms with Crippen LogP contribution in [0.3, 0.4) is 0 Å². The molecular formula is C21H16Cl2N4O. The Labute approximate surface area is 172 Å². The third-order valence-electron chi connectivity index (χ3n) is 4.20. The molecule has 28 heavy (non-hydrogen) atoms. The van der Waals surface area contributed by atoms with Gasteiger partial charge >= 0.3 is 0 Å². The monoisotopic (exact) mass is 410 g/mol. The Balaban J connectivity index is 1.95. The number of nitrogens with one attached hydrogen (secondary N) is 1. The summed E-state index contributed by atoms with van der Waals surface area (Å²) in [6, 6.07) is 16.5. The van der Waals surface area contributed by atoms with Gasteiger partial charge in [-0.1, -0.05) is 47.5 Å². The first-order valence-electron chi connectivity index (χ1n) is 8.41. The number of hydrogen-bond acceptors (Lipinski definition) is 3. The number of carbonyl (C=O) groups is 1. The van der Waals surface area contributed by atoms with E-state index in [1.807, 2.05) is 50.2 Å². The van der Waals surface area contributed by atoms with Crippen LogP contribution in [0.5, 0.6) is 0 Å². The van der Waals surface area contributed by atoms with Gasteiger partial charge in [0, 0.05) is 11.3 Å². The maximum absolute atomic E-state index is 12.6. The lowest BCUT2D eigenvalue weighted by Gasteiger charge is -2.07. The van der Waals surface area contributed by atoms with Crippen LogP contribution in [-0.4, -0.2) is 15.7 Å². The molecule has 1 aromatic heterocycles. The van der Waals surface area contributed by atoms with Crippen molar-refractivity contribution in [2.24, 2.45) is 0 Å². The predicted molar refractivity (Wildman–Crippen MR) is 112 cm³/mol. The Kier molecular flexibility index (Phi) is 5.84. The topological polar surface area (TPSA) is 70.7 Å². The second kappa shape index (κ2) is 8.30. The Morgan fingerprint density at radius 3 is 2.54 bits per heavy atom. The highest BCUT2D eigenvalue weighted by molar-refractivity contribution is 6.44. The smallest absolute Gasteiger partial charge is 0.266 e. The third kappa shape index (κ3) is 3.94. The number of amides is 1. The zero-order valence-electron chi connectivity index (χ0n) is 15.2. The fourth-order valence-corrected chi connectivity index (χ4v) is 3.11. The van der Waals surface area contributed by atoms with Crippen molar-refractivity contribution in [1.82, 2.24) is 9.78 Å². The number of hydrogen-bond donors (Lipinski definition) is 1. The van der Waals surface area contributed by atoms with Gasteiger partial charge in [0.1, 0.15) is 11.6 Å². The molecule has 7 heteroatoms. The van der Waals surface area contributed by atoms with Gasteiger partial charge in [0.25, 0.3) is 5.91 Å². The van der Waals surface area contributed by atoms with Crippen molar-refractivity contribution < 1.29 is 4.79 Å². The van der Waals surface area contributed by atoms with Gasteiger partial charge in [-0.2, -0.15) is 10.4 Å². The van der Waals surface area contributed by atoms with E-state index < -0.39 is 5.91 Å². The zero-order chi connectivity index (χ0) is 20.3. The third-order valence-corrected chi connectivity index (χ3v) is 5.02. The van der Waals surface area contributed by atoms with E-state index in [0.717, 1.165) is 11.4 Å². The molecule has 0 atom stereocenters. The number of halogens is 2. The van der Waals surface area contributed by atoms with Crippen LogP contribution in [0.15, 0.2) is 54.1 Å². The Bertz CT molecular complexity index is 1110. The summed E-state index contributed by atoms with van der Waals surface area (Å²) in [5, 5.41) is 17.2. The lowest BCUT2D eigenvalue weighted by Crippen LogP contribution is -2.14. The summed E-state index contributed by atoms with van der Waals surface area (Å²) < 4.78 is 1.78. The first-order valence-corrected chi connectivity index (χ1v) is 9.16. The standard InChI is InChI=1S/C21H16Cl2N4O/c1-13-17(14(2)27(26-13)16-7-4-3-5-8-16)11-15(12-24)21(28)25-19-10-6-9-18(22)20(19)23/h3-11H,1-2H3,(H,25,28)/b15-11+. The van der Waals surface area contributed by atoms with Crippen molar-refractivity contribution in [3.63, 3.8) is 0 Å². The Morgan fingerprint density at radius 2 is 1.86 bits per heavy atom. The first kappa shape index (κ1) is 19.7. The van der Waals surface area contributed by atoms with Crippen molar-refractivity contribution in [2.75, 3.05) is 5.32 Å². The van der Waals surface area contributed by atoms with Crippen LogP contribution >= 0.6 is 23.2 Å². The maximum atomic E-state index is 12.6. The van der Waals surface area contributed by atoms with E-state index in [1.165, 1.54) is 6.08 Å². The van der Waals surface area contributed by atoms with E-state index in [4.69, 9.17) is 23.2 Å². The highest BCUT2D eigenvalue weighted by Gasteiger charge is 2.16. The summed E-state index contributed by atoms with van der Waals surface area (Å²) in [5.41, 5.74) is 3.43. The molecule has 0 spiro atoms. The lowest BCUT2D eigenvalue weighted by molar-refractivity contribution is -0.112. The number of aromatic nitrogens is 2. The van der Waals surface area contributed by atoms with Crippen LogP contribution in [0.1, 0.15) is 17.0 Å². The summed E-state index contributed by atoms with van der Waals surface area (Å²) >= 11 is 12.1. The van der Waals surface area contributed by atoms with Crippen molar-refractivity contribution in [3.05, 3.63) is 81.1 Å². The summed E-state index contributed by atoms with van der Waals surface area (Å²) in [6.45, 7) is 3.72. The average molecular weight is 411 g/mol. The van der Waals surface area contributed by atoms with Gasteiger partial charge < -0.3 is 5.32 Å². The van der Waals surface area contributed by atoms with Gasteiger partial charge in [0.05, 0.1) is 27.1 Å². The fourth-order valence-electron chi connectivity index (χ4n) is 2.77. The Morgan fingerprint density at radius 1 is 1.14 bits per heavy atom. The molecule has 0 aliphatic carbocycles. The van der Waals surface area contributed by atoms with Gasteiger partial charge in [-0.05, 0) is 44.2 Å². The number of anilines is 1. The molecule has 140 valence electrons. The molecule has 0 fully saturated rings. The molecule has 2 aromatic carbocycles. The molecule has 1 heterocycles. The molecule has 0 unspecified atom stereocenters. The van der Waals surface area contributed by atoms with E-state index in [1.54, 1.807) is 22.9 Å². The minimum absolute atomic E-state index is 0.0603. The van der Waals surface area contributed by atoms with Crippen LogP contribution in [0.25, 0.3) is 11.8 Å². The molecule has 3 aromatic rings. The number of rotatable bonds is 4. The van der Waals surface area contributed by atoms with E-state index in [0.29, 0.717) is 22.0 Å². The maximum Gasteiger partial charge on any atom is 0.266 e. The summed E-state index contributed by atoms with van der Waals surface area (Å²) in [5.74, 6) is -0.571. The molecule has 0 saturated carbocycles. The van der Waals surface area contributed by atoms with E-state index in [-0.39, 0.29) is 10.6 Å². The second-order valence-electron chi connectivity index (χ2n) is 6.06. The van der Waals surface area contributed by atoms with E-state index in [9.17, 15) is 10.1 Å². The minimum atomic E-state index is -0.571. The second-order valence-corrected chi connectivity index (χ2v) is 6.84. The van der Waals surface area contributed by atoms with E-state index in [2.05, 4.69) is 10.4 Å². The van der Waals surface area contributed by atoms with Gasteiger partial charge in [-0.3, -0.25) is 4.79 Å². The molecule has 3 rings (SSSR count). The molecular weight excluding hydrogens is 395 g/mol. The van der Waals surface area contributed by atoms with Gasteiger partial charge in [-0.15, -0.1) is 0 Å². The highest BCUT2D eigenvalue weighted by Crippen LogP contribution is 2.30. The molecule has 0 saturated heterocycles. The number of para-hydroxylation sites is 1. The highest BCUT2D eigenvalue weighted by atomic mass is 35.5. The Hall–Kier alpha value is -3.07. The van der Waals surface area contributed by atoms with Crippen LogP contribution < -0.4 is 5.32 Å². The van der Waals surface area contributed by atoms with Crippen LogP contribution in [0, 0.1) is 25.2 Å². The molecule has 1 amide bonds. The van der Waals surface area contributed by atoms with Gasteiger partial charge in [-0.25, -0.2) is 4.68 Å². The number of carbonyl (C=O) groups excluding carboxylic acids is 1. The molecule has 0 aliphatic rings. The van der Waals surface area contributed by atoms with Gasteiger partial charge in [0.2, 0.25) is 0 Å². The number of nitrogens with zero attached hydrogens (tertiary/aromatic N) is 3. The summed E-state index contributed by atoms with van der Waals surface area (Å²) in [4.78, 5) is 12.6. The quantitative estimate of drug-likeness (QED) is 0.465. The van der Waals surface area contributed by atoms with Crippen LogP contribution in [0.4, 0.5) is 5.69 Å². The van der Waals surface area contributed by atoms with E-state index >= 15 is 0 Å². The summed E-state index contributed by atoms with van der Waals surface area (Å²) in [6.07, 6.45) is 1.53. The minimum Gasteiger partial charge on any atom is -0.320 e. The first-order chi connectivity index (χ1) is 13.4. The van der Waals surface area contributed by atoms with Crippen molar-refractivity contribution in [1.29, 1.82) is 5.26 Å². The average Bonchev–Trinajstić information content (AvgIpc) is 2.98. The SMILES string of the molecule is Cc1nn(-c2ccccc2)c(C)c1/C=C(\C#N)C(=O)Nc1cccc(Cl)c1Cl. The zero-order valence-corrected chi connectivity index (χ0v) is 16.7. The van der Waals surface area contributed by atoms with Crippen molar-refractivity contribution >= 4 is 40.9 Å². The predicted octanol–water partition coefficient (Wildman–Crippen LogP) is 5.34. The lowest BCUT2D eigenvalue weighted by atomic mass is 10.1.